The highest BCUT2D eigenvalue weighted by molar-refractivity contribution is 7.11. The van der Waals surface area contributed by atoms with Crippen molar-refractivity contribution in [2.24, 2.45) is 0 Å². The highest BCUT2D eigenvalue weighted by Crippen LogP contribution is 2.10. The normalized spacial score (nSPS) is 10.2. The van der Waals surface area contributed by atoms with Crippen molar-refractivity contribution in [3.05, 3.63) is 27.7 Å². The van der Waals surface area contributed by atoms with Crippen molar-refractivity contribution in [3.63, 3.8) is 0 Å². The summed E-state index contributed by atoms with van der Waals surface area (Å²) in [5, 5.41) is 5.57. The first-order chi connectivity index (χ1) is 6.36. The minimum absolute atomic E-state index is 0.0511. The molecule has 2 heterocycles. The molecule has 4 nitrogen and oxygen atoms in total. The smallest absolute Gasteiger partial charge is 0.180 e. The van der Waals surface area contributed by atoms with Gasteiger partial charge in [0.05, 0.1) is 22.5 Å². The maximum absolute atomic E-state index is 11.5. The van der Waals surface area contributed by atoms with E-state index in [0.717, 1.165) is 5.69 Å². The summed E-state index contributed by atoms with van der Waals surface area (Å²) in [7, 11) is 0. The fraction of sp³-hybridized carbons (Fsp3) is 0.143. The maximum atomic E-state index is 11.5. The number of hydrogen-bond donors (Lipinski definition) is 0. The van der Waals surface area contributed by atoms with Crippen LogP contribution < -0.4 is 0 Å². The van der Waals surface area contributed by atoms with Gasteiger partial charge in [-0.2, -0.15) is 0 Å². The third kappa shape index (κ3) is 1.96. The number of ketones is 1. The van der Waals surface area contributed by atoms with Crippen LogP contribution in [0.15, 0.2) is 17.1 Å². The van der Waals surface area contributed by atoms with E-state index in [9.17, 15) is 4.79 Å². The molecule has 0 saturated heterocycles. The van der Waals surface area contributed by atoms with E-state index in [2.05, 4.69) is 14.6 Å². The molecule has 0 radical (unpaired) electrons. The first-order valence-corrected chi connectivity index (χ1v) is 5.25. The summed E-state index contributed by atoms with van der Waals surface area (Å²) in [5.41, 5.74) is 2.37. The monoisotopic (exact) mass is 211 g/mol. The molecule has 0 fully saturated rings. The number of carbonyl (C=O) groups is 1. The van der Waals surface area contributed by atoms with Gasteiger partial charge >= 0.3 is 0 Å². The SMILES string of the molecule is O=C(Cc1csnn1)c1cncs1. The zero-order valence-corrected chi connectivity index (χ0v) is 8.14. The van der Waals surface area contributed by atoms with Crippen LogP contribution in [0.1, 0.15) is 15.4 Å². The predicted octanol–water partition coefficient (Wildman–Crippen LogP) is 1.42. The Bertz CT molecular complexity index is 382. The third-order valence-electron chi connectivity index (χ3n) is 1.45. The Morgan fingerprint density at radius 3 is 3.08 bits per heavy atom. The van der Waals surface area contributed by atoms with Gasteiger partial charge in [-0.25, -0.2) is 0 Å². The summed E-state index contributed by atoms with van der Waals surface area (Å²) in [6.45, 7) is 0. The lowest BCUT2D eigenvalue weighted by Crippen LogP contribution is -2.01. The molecule has 0 aliphatic rings. The number of rotatable bonds is 3. The van der Waals surface area contributed by atoms with Gasteiger partial charge in [0.15, 0.2) is 5.78 Å². The molecule has 0 spiro atoms. The van der Waals surface area contributed by atoms with Gasteiger partial charge in [-0.05, 0) is 11.5 Å². The van der Waals surface area contributed by atoms with E-state index in [1.54, 1.807) is 17.1 Å². The largest absolute Gasteiger partial charge is 0.293 e. The highest BCUT2D eigenvalue weighted by Gasteiger charge is 2.09. The summed E-state index contributed by atoms with van der Waals surface area (Å²) in [6, 6.07) is 0. The van der Waals surface area contributed by atoms with Crippen molar-refractivity contribution in [1.29, 1.82) is 0 Å². The van der Waals surface area contributed by atoms with E-state index >= 15 is 0 Å². The van der Waals surface area contributed by atoms with Crippen molar-refractivity contribution in [2.45, 2.75) is 6.42 Å². The average Bonchev–Trinajstić information content (AvgIpc) is 2.74. The Kier molecular flexibility index (Phi) is 2.42. The van der Waals surface area contributed by atoms with Gasteiger partial charge in [0.25, 0.3) is 0 Å². The molecule has 0 aliphatic heterocycles. The molecule has 0 N–H and O–H groups in total. The van der Waals surface area contributed by atoms with Crippen molar-refractivity contribution >= 4 is 28.7 Å². The van der Waals surface area contributed by atoms with Gasteiger partial charge in [0, 0.05) is 11.6 Å². The molecule has 0 saturated carbocycles. The molecule has 6 heteroatoms. The van der Waals surface area contributed by atoms with Gasteiger partial charge in [0.2, 0.25) is 0 Å². The molecule has 2 aromatic rings. The van der Waals surface area contributed by atoms with Crippen LogP contribution in [0.4, 0.5) is 0 Å². The van der Waals surface area contributed by atoms with Crippen molar-refractivity contribution in [3.8, 4) is 0 Å². The second-order valence-electron chi connectivity index (χ2n) is 2.36. The number of carbonyl (C=O) groups excluding carboxylic acids is 1. The third-order valence-corrected chi connectivity index (χ3v) is 2.82. The lowest BCUT2D eigenvalue weighted by atomic mass is 10.2. The van der Waals surface area contributed by atoms with Gasteiger partial charge in [-0.3, -0.25) is 9.78 Å². The Morgan fingerprint density at radius 1 is 1.54 bits per heavy atom. The van der Waals surface area contributed by atoms with E-state index in [0.29, 0.717) is 11.3 Å². The first kappa shape index (κ1) is 8.46. The Morgan fingerprint density at radius 2 is 2.46 bits per heavy atom. The molecule has 13 heavy (non-hydrogen) atoms. The van der Waals surface area contributed by atoms with Gasteiger partial charge < -0.3 is 0 Å². The zero-order valence-electron chi connectivity index (χ0n) is 6.51. The second kappa shape index (κ2) is 3.71. The summed E-state index contributed by atoms with van der Waals surface area (Å²) in [6.07, 6.45) is 1.89. The fourth-order valence-electron chi connectivity index (χ4n) is 0.866. The lowest BCUT2D eigenvalue weighted by molar-refractivity contribution is 0.0995. The van der Waals surface area contributed by atoms with Crippen LogP contribution in [0, 0.1) is 0 Å². The Hall–Kier alpha value is -1.14. The molecule has 0 bridgehead atoms. The average molecular weight is 211 g/mol. The summed E-state index contributed by atoms with van der Waals surface area (Å²) >= 11 is 2.60. The summed E-state index contributed by atoms with van der Waals surface area (Å²) in [5.74, 6) is 0.0511. The van der Waals surface area contributed by atoms with Crippen molar-refractivity contribution < 1.29 is 4.79 Å². The van der Waals surface area contributed by atoms with Crippen LogP contribution in [0.3, 0.4) is 0 Å². The summed E-state index contributed by atoms with van der Waals surface area (Å²) < 4.78 is 3.68. The van der Waals surface area contributed by atoms with E-state index in [-0.39, 0.29) is 5.78 Å². The molecule has 0 aromatic carbocycles. The number of hydrogen-bond acceptors (Lipinski definition) is 6. The molecule has 0 atom stereocenters. The highest BCUT2D eigenvalue weighted by atomic mass is 32.1. The minimum atomic E-state index is 0.0511. The number of thiazole rings is 1. The van der Waals surface area contributed by atoms with Crippen LogP contribution in [0.5, 0.6) is 0 Å². The number of Topliss-reactive ketones (excluding diaryl/α,β-unsaturated/α-hetero) is 1. The van der Waals surface area contributed by atoms with Crippen LogP contribution in [-0.2, 0) is 6.42 Å². The fourth-order valence-corrected chi connectivity index (χ4v) is 1.88. The van der Waals surface area contributed by atoms with E-state index in [1.807, 2.05) is 0 Å². The molecule has 0 unspecified atom stereocenters. The molecular weight excluding hydrogens is 206 g/mol. The molecule has 0 aliphatic carbocycles. The first-order valence-electron chi connectivity index (χ1n) is 3.54. The van der Waals surface area contributed by atoms with Crippen LogP contribution in [0.25, 0.3) is 0 Å². The quantitative estimate of drug-likeness (QED) is 0.720. The molecular formula is C7H5N3OS2. The van der Waals surface area contributed by atoms with Crippen LogP contribution in [0.2, 0.25) is 0 Å². The Labute approximate surface area is 82.4 Å². The predicted molar refractivity (Wildman–Crippen MR) is 50.1 cm³/mol. The minimum Gasteiger partial charge on any atom is -0.293 e. The van der Waals surface area contributed by atoms with E-state index in [1.165, 1.54) is 22.9 Å². The molecule has 2 aromatic heterocycles. The van der Waals surface area contributed by atoms with Gasteiger partial charge in [-0.1, -0.05) is 4.49 Å². The van der Waals surface area contributed by atoms with Crippen LogP contribution in [-0.4, -0.2) is 20.4 Å². The van der Waals surface area contributed by atoms with Gasteiger partial charge in [-0.15, -0.1) is 16.4 Å². The zero-order chi connectivity index (χ0) is 9.10. The van der Waals surface area contributed by atoms with Crippen molar-refractivity contribution in [2.75, 3.05) is 0 Å². The second-order valence-corrected chi connectivity index (χ2v) is 3.86. The summed E-state index contributed by atoms with van der Waals surface area (Å²) in [4.78, 5) is 16.0. The topological polar surface area (TPSA) is 55.7 Å². The number of aromatic nitrogens is 3. The Balaban J connectivity index is 2.08. The lowest BCUT2D eigenvalue weighted by Gasteiger charge is -1.90. The number of nitrogens with zero attached hydrogens (tertiary/aromatic N) is 3. The maximum Gasteiger partial charge on any atom is 0.180 e. The molecule has 0 amide bonds. The van der Waals surface area contributed by atoms with Gasteiger partial charge in [0.1, 0.15) is 0 Å². The van der Waals surface area contributed by atoms with E-state index < -0.39 is 0 Å². The standard InChI is InChI=1S/C7H5N3OS2/c11-6(7-2-8-4-12-7)1-5-3-13-10-9-5/h2-4H,1H2. The van der Waals surface area contributed by atoms with Crippen LogP contribution >= 0.6 is 22.9 Å². The van der Waals surface area contributed by atoms with E-state index in [4.69, 9.17) is 0 Å². The van der Waals surface area contributed by atoms with Crippen molar-refractivity contribution in [1.82, 2.24) is 14.6 Å². The molecule has 2 rings (SSSR count). The molecule has 66 valence electrons.